The fraction of sp³-hybridized carbons (Fsp3) is 0.133. The summed E-state index contributed by atoms with van der Waals surface area (Å²) in [4.78, 5) is 11.6. The lowest BCUT2D eigenvalue weighted by Crippen LogP contribution is -2.14. The Morgan fingerprint density at radius 3 is 2.62 bits per heavy atom. The Kier molecular flexibility index (Phi) is 4.33. The third-order valence-electron chi connectivity index (χ3n) is 3.40. The first-order chi connectivity index (χ1) is 11.3. The number of hydrogen-bond donors (Lipinski definition) is 1. The van der Waals surface area contributed by atoms with Gasteiger partial charge in [-0.1, -0.05) is 29.3 Å². The van der Waals surface area contributed by atoms with E-state index in [1.165, 1.54) is 22.8 Å². The smallest absolute Gasteiger partial charge is 0.408 e. The van der Waals surface area contributed by atoms with E-state index in [0.717, 1.165) is 0 Å². The second kappa shape index (κ2) is 6.16. The summed E-state index contributed by atoms with van der Waals surface area (Å²) >= 11 is 12.0. The topological polar surface area (TPSA) is 81.3 Å². The average molecular weight is 387 g/mol. The average Bonchev–Trinajstić information content (AvgIpc) is 2.80. The van der Waals surface area contributed by atoms with Gasteiger partial charge in [0, 0.05) is 17.6 Å². The molecule has 0 saturated heterocycles. The summed E-state index contributed by atoms with van der Waals surface area (Å²) in [6, 6.07) is 8.91. The van der Waals surface area contributed by atoms with Gasteiger partial charge in [0.1, 0.15) is 4.90 Å². The van der Waals surface area contributed by atoms with Crippen molar-refractivity contribution in [3.05, 3.63) is 57.0 Å². The third-order valence-corrected chi connectivity index (χ3v) is 5.49. The van der Waals surface area contributed by atoms with Crippen molar-refractivity contribution in [2.45, 2.75) is 18.4 Å². The summed E-state index contributed by atoms with van der Waals surface area (Å²) in [6.07, 6.45) is 0. The summed E-state index contributed by atoms with van der Waals surface area (Å²) in [5.74, 6) is -0.569. The first-order valence-electron chi connectivity index (χ1n) is 6.93. The number of rotatable bonds is 4. The first kappa shape index (κ1) is 16.9. The molecule has 0 saturated carbocycles. The van der Waals surface area contributed by atoms with Crippen molar-refractivity contribution in [1.82, 2.24) is 4.57 Å². The van der Waals surface area contributed by atoms with Crippen LogP contribution in [0.3, 0.4) is 0 Å². The van der Waals surface area contributed by atoms with E-state index in [0.29, 0.717) is 22.8 Å². The van der Waals surface area contributed by atoms with Gasteiger partial charge in [0.15, 0.2) is 5.58 Å². The van der Waals surface area contributed by atoms with Gasteiger partial charge in [-0.05, 0) is 31.2 Å². The van der Waals surface area contributed by atoms with Crippen LogP contribution in [-0.4, -0.2) is 13.0 Å². The van der Waals surface area contributed by atoms with E-state index < -0.39 is 15.8 Å². The van der Waals surface area contributed by atoms with Crippen molar-refractivity contribution in [3.63, 3.8) is 0 Å². The molecule has 1 N–H and O–H groups in total. The number of nitrogens with zero attached hydrogens (tertiary/aromatic N) is 1. The molecule has 1 aromatic heterocycles. The van der Waals surface area contributed by atoms with Crippen molar-refractivity contribution < 1.29 is 12.8 Å². The standard InChI is InChI=1S/C15H12Cl2N2O4S/c1-2-19-12-7-11(17)14(8-13(12)23-15(19)20)24(21,22)18-10-5-3-4-9(16)6-10/h3-8,18H,2H2,1H3. The van der Waals surface area contributed by atoms with Crippen LogP contribution in [0.25, 0.3) is 11.1 Å². The SMILES string of the molecule is CCn1c(=O)oc2cc(S(=O)(=O)Nc3cccc(Cl)c3)c(Cl)cc21. The predicted molar refractivity (Wildman–Crippen MR) is 93.4 cm³/mol. The third kappa shape index (κ3) is 3.02. The number of aromatic nitrogens is 1. The lowest BCUT2D eigenvalue weighted by molar-refractivity contribution is 0.512. The number of nitrogens with one attached hydrogen (secondary N) is 1. The van der Waals surface area contributed by atoms with Crippen molar-refractivity contribution in [1.29, 1.82) is 0 Å². The Balaban J connectivity index is 2.11. The molecule has 6 nitrogen and oxygen atoms in total. The Morgan fingerprint density at radius 2 is 1.96 bits per heavy atom. The molecule has 0 spiro atoms. The largest absolute Gasteiger partial charge is 0.419 e. The van der Waals surface area contributed by atoms with Crippen LogP contribution < -0.4 is 10.5 Å². The summed E-state index contributed by atoms with van der Waals surface area (Å²) in [6.45, 7) is 2.16. The number of anilines is 1. The Morgan fingerprint density at radius 1 is 1.21 bits per heavy atom. The second-order valence-corrected chi connectivity index (χ2v) is 7.47. The monoisotopic (exact) mass is 386 g/mol. The van der Waals surface area contributed by atoms with Gasteiger partial charge in [0.2, 0.25) is 0 Å². The molecule has 9 heteroatoms. The van der Waals surface area contributed by atoms with E-state index in [-0.39, 0.29) is 15.5 Å². The molecule has 126 valence electrons. The van der Waals surface area contributed by atoms with Crippen molar-refractivity contribution in [3.8, 4) is 0 Å². The summed E-state index contributed by atoms with van der Waals surface area (Å²) < 4.78 is 34.0. The zero-order chi connectivity index (χ0) is 17.5. The maximum absolute atomic E-state index is 12.6. The summed E-state index contributed by atoms with van der Waals surface area (Å²) in [7, 11) is -3.97. The highest BCUT2D eigenvalue weighted by Crippen LogP contribution is 2.29. The molecule has 0 radical (unpaired) electrons. The summed E-state index contributed by atoms with van der Waals surface area (Å²) in [5, 5.41) is 0.378. The molecule has 3 aromatic rings. The van der Waals surface area contributed by atoms with Crippen LogP contribution in [0.2, 0.25) is 10.0 Å². The van der Waals surface area contributed by atoms with Gasteiger partial charge in [-0.15, -0.1) is 0 Å². The Labute approximate surface area is 147 Å². The van der Waals surface area contributed by atoms with Gasteiger partial charge in [-0.2, -0.15) is 0 Å². The molecular weight excluding hydrogens is 375 g/mol. The molecule has 3 rings (SSSR count). The van der Waals surface area contributed by atoms with Gasteiger partial charge in [-0.3, -0.25) is 9.29 Å². The van der Waals surface area contributed by atoms with Crippen molar-refractivity contribution >= 4 is 50.0 Å². The highest BCUT2D eigenvalue weighted by molar-refractivity contribution is 7.92. The van der Waals surface area contributed by atoms with Crippen LogP contribution in [-0.2, 0) is 16.6 Å². The molecule has 0 atom stereocenters. The van der Waals surface area contributed by atoms with Crippen LogP contribution >= 0.6 is 23.2 Å². The van der Waals surface area contributed by atoms with E-state index in [1.54, 1.807) is 25.1 Å². The molecule has 0 bridgehead atoms. The minimum absolute atomic E-state index is 0.0139. The number of hydrogen-bond acceptors (Lipinski definition) is 4. The van der Waals surface area contributed by atoms with Crippen LogP contribution in [0.1, 0.15) is 6.92 Å². The molecule has 0 unspecified atom stereocenters. The van der Waals surface area contributed by atoms with Gasteiger partial charge in [0.25, 0.3) is 10.0 Å². The number of halogens is 2. The van der Waals surface area contributed by atoms with E-state index >= 15 is 0 Å². The van der Waals surface area contributed by atoms with Crippen LogP contribution in [0.15, 0.2) is 50.5 Å². The molecule has 0 amide bonds. The van der Waals surface area contributed by atoms with E-state index in [2.05, 4.69) is 4.72 Å². The van der Waals surface area contributed by atoms with Gasteiger partial charge in [-0.25, -0.2) is 13.2 Å². The first-order valence-corrected chi connectivity index (χ1v) is 9.17. The maximum atomic E-state index is 12.6. The minimum atomic E-state index is -3.97. The minimum Gasteiger partial charge on any atom is -0.408 e. The Bertz CT molecular complexity index is 1090. The molecule has 0 fully saturated rings. The van der Waals surface area contributed by atoms with Crippen LogP contribution in [0.4, 0.5) is 5.69 Å². The molecule has 0 aliphatic rings. The number of aryl methyl sites for hydroxylation is 1. The lowest BCUT2D eigenvalue weighted by Gasteiger charge is -2.10. The normalized spacial score (nSPS) is 11.8. The number of fused-ring (bicyclic) bond motifs is 1. The maximum Gasteiger partial charge on any atom is 0.419 e. The molecule has 1 heterocycles. The van der Waals surface area contributed by atoms with E-state index in [4.69, 9.17) is 27.6 Å². The summed E-state index contributed by atoms with van der Waals surface area (Å²) in [5.41, 5.74) is 0.887. The van der Waals surface area contributed by atoms with Gasteiger partial charge >= 0.3 is 5.76 Å². The lowest BCUT2D eigenvalue weighted by atomic mass is 10.3. The van der Waals surface area contributed by atoms with Crippen molar-refractivity contribution in [2.75, 3.05) is 4.72 Å². The highest BCUT2D eigenvalue weighted by atomic mass is 35.5. The molecule has 0 aliphatic heterocycles. The zero-order valence-corrected chi connectivity index (χ0v) is 14.7. The Hall–Kier alpha value is -1.96. The predicted octanol–water partition coefficient (Wildman–Crippen LogP) is 3.72. The second-order valence-electron chi connectivity index (χ2n) is 4.98. The molecular formula is C15H12Cl2N2O4S. The van der Waals surface area contributed by atoms with Gasteiger partial charge in [0.05, 0.1) is 16.2 Å². The highest BCUT2D eigenvalue weighted by Gasteiger charge is 2.21. The van der Waals surface area contributed by atoms with Crippen LogP contribution in [0.5, 0.6) is 0 Å². The quantitative estimate of drug-likeness (QED) is 0.740. The van der Waals surface area contributed by atoms with E-state index in [9.17, 15) is 13.2 Å². The number of benzene rings is 2. The fourth-order valence-electron chi connectivity index (χ4n) is 2.33. The molecule has 0 aliphatic carbocycles. The van der Waals surface area contributed by atoms with Crippen LogP contribution in [0, 0.1) is 0 Å². The molecule has 24 heavy (non-hydrogen) atoms. The van der Waals surface area contributed by atoms with E-state index in [1.807, 2.05) is 0 Å². The number of oxazole rings is 1. The molecule has 2 aromatic carbocycles. The van der Waals surface area contributed by atoms with Crippen molar-refractivity contribution in [2.24, 2.45) is 0 Å². The zero-order valence-electron chi connectivity index (χ0n) is 12.4. The number of sulfonamides is 1. The fourth-order valence-corrected chi connectivity index (χ4v) is 4.11. The van der Waals surface area contributed by atoms with Gasteiger partial charge < -0.3 is 4.42 Å².